The van der Waals surface area contributed by atoms with E-state index in [1.54, 1.807) is 11.1 Å². The van der Waals surface area contributed by atoms with E-state index < -0.39 is 0 Å². The minimum absolute atomic E-state index is 0.119. The number of para-hydroxylation sites is 1. The molecular weight excluding hydrogens is 532 g/mol. The second kappa shape index (κ2) is 8.75. The predicted octanol–water partition coefficient (Wildman–Crippen LogP) is 11.2. The van der Waals surface area contributed by atoms with Gasteiger partial charge in [0.05, 0.1) is 0 Å². The summed E-state index contributed by atoms with van der Waals surface area (Å²) >= 11 is 0. The van der Waals surface area contributed by atoms with E-state index in [2.05, 4.69) is 123 Å². The Hall–Kier alpha value is -4.10. The van der Waals surface area contributed by atoms with Crippen LogP contribution in [0.4, 0.5) is 0 Å². The standard InChI is InChI=1S/C43H38O/c1-42(2)36-11-5-6-13-39(36)44-40-19-18-30(25-38(40)42)28-14-16-29(17-15-28)33-9-7-12-37-41(33)34-8-3-4-10-35(34)43(37)31-21-26-20-27(23-31)24-32(43)22-26/h3-19,25-27,31-32H,20-24H2,1-2H3. The van der Waals surface area contributed by atoms with Gasteiger partial charge in [0, 0.05) is 22.0 Å². The Morgan fingerprint density at radius 2 is 1.09 bits per heavy atom. The zero-order valence-corrected chi connectivity index (χ0v) is 25.6. The van der Waals surface area contributed by atoms with Gasteiger partial charge in [-0.2, -0.15) is 0 Å². The smallest absolute Gasteiger partial charge is 0.131 e. The highest BCUT2D eigenvalue weighted by atomic mass is 16.5. The van der Waals surface area contributed by atoms with E-state index in [4.69, 9.17) is 4.74 Å². The van der Waals surface area contributed by atoms with Crippen LogP contribution in [0.3, 0.4) is 0 Å². The van der Waals surface area contributed by atoms with Crippen LogP contribution in [0.2, 0.25) is 0 Å². The number of ether oxygens (including phenoxy) is 1. The Kier molecular flexibility index (Phi) is 5.02. The fraction of sp³-hybridized carbons (Fsp3) is 0.302. The van der Waals surface area contributed by atoms with Crippen molar-refractivity contribution in [2.45, 2.75) is 56.8 Å². The minimum atomic E-state index is -0.119. The van der Waals surface area contributed by atoms with Gasteiger partial charge in [-0.05, 0) is 118 Å². The molecule has 11 rings (SSSR count). The molecule has 4 saturated carbocycles. The lowest BCUT2D eigenvalue weighted by Gasteiger charge is -2.61. The molecule has 1 spiro atoms. The van der Waals surface area contributed by atoms with Gasteiger partial charge < -0.3 is 4.74 Å². The van der Waals surface area contributed by atoms with E-state index in [9.17, 15) is 0 Å². The minimum Gasteiger partial charge on any atom is -0.457 e. The number of rotatable bonds is 2. The van der Waals surface area contributed by atoms with Gasteiger partial charge in [0.2, 0.25) is 0 Å². The van der Waals surface area contributed by atoms with Gasteiger partial charge in [-0.3, -0.25) is 0 Å². The fourth-order valence-electron chi connectivity index (χ4n) is 10.9. The maximum absolute atomic E-state index is 6.34. The number of benzene rings is 5. The molecule has 0 amide bonds. The summed E-state index contributed by atoms with van der Waals surface area (Å²) in [5, 5.41) is 0. The molecule has 0 unspecified atom stereocenters. The van der Waals surface area contributed by atoms with E-state index in [0.717, 1.165) is 35.2 Å². The Morgan fingerprint density at radius 1 is 0.500 bits per heavy atom. The van der Waals surface area contributed by atoms with Gasteiger partial charge in [-0.15, -0.1) is 0 Å². The summed E-state index contributed by atoms with van der Waals surface area (Å²) in [5.74, 6) is 5.45. The van der Waals surface area contributed by atoms with Gasteiger partial charge in [0.15, 0.2) is 0 Å². The van der Waals surface area contributed by atoms with Crippen molar-refractivity contribution in [1.82, 2.24) is 0 Å². The molecule has 1 heterocycles. The Morgan fingerprint density at radius 3 is 1.86 bits per heavy atom. The zero-order chi connectivity index (χ0) is 29.2. The van der Waals surface area contributed by atoms with Crippen LogP contribution in [-0.4, -0.2) is 0 Å². The van der Waals surface area contributed by atoms with Crippen LogP contribution in [0.5, 0.6) is 11.5 Å². The monoisotopic (exact) mass is 570 g/mol. The SMILES string of the molecule is CC1(C)c2ccccc2Oc2ccc(-c3ccc(-c4cccc5c4-c4ccccc4C54C5CC6CC(C5)CC4C6)cc3)cc21. The summed E-state index contributed by atoms with van der Waals surface area (Å²) in [6.07, 6.45) is 7.19. The first-order valence-electron chi connectivity index (χ1n) is 16.8. The average molecular weight is 571 g/mol. The number of fused-ring (bicyclic) bond motifs is 5. The third-order valence-corrected chi connectivity index (χ3v) is 12.5. The summed E-state index contributed by atoms with van der Waals surface area (Å²) in [6, 6.07) is 41.2. The number of hydrogen-bond acceptors (Lipinski definition) is 1. The molecule has 4 fully saturated rings. The third-order valence-electron chi connectivity index (χ3n) is 12.5. The lowest BCUT2D eigenvalue weighted by molar-refractivity contribution is -0.0399. The summed E-state index contributed by atoms with van der Waals surface area (Å²) in [4.78, 5) is 0. The quantitative estimate of drug-likeness (QED) is 0.205. The molecule has 6 aliphatic rings. The molecule has 4 bridgehead atoms. The molecule has 0 N–H and O–H groups in total. The first kappa shape index (κ1) is 25.2. The van der Waals surface area contributed by atoms with Crippen LogP contribution in [0, 0.1) is 23.7 Å². The van der Waals surface area contributed by atoms with E-state index in [0.29, 0.717) is 0 Å². The lowest BCUT2D eigenvalue weighted by atomic mass is 9.43. The molecule has 0 radical (unpaired) electrons. The summed E-state index contributed by atoms with van der Waals surface area (Å²) in [7, 11) is 0. The molecule has 216 valence electrons. The van der Waals surface area contributed by atoms with Gasteiger partial charge in [0.25, 0.3) is 0 Å². The van der Waals surface area contributed by atoms with Crippen molar-refractivity contribution in [3.05, 3.63) is 131 Å². The van der Waals surface area contributed by atoms with E-state index >= 15 is 0 Å². The van der Waals surface area contributed by atoms with Crippen molar-refractivity contribution >= 4 is 0 Å². The molecule has 0 aromatic heterocycles. The fourth-order valence-corrected chi connectivity index (χ4v) is 10.9. The molecule has 5 aliphatic carbocycles. The van der Waals surface area contributed by atoms with Crippen molar-refractivity contribution in [2.75, 3.05) is 0 Å². The highest BCUT2D eigenvalue weighted by molar-refractivity contribution is 5.93. The van der Waals surface area contributed by atoms with E-state index in [1.165, 1.54) is 76.6 Å². The van der Waals surface area contributed by atoms with Crippen molar-refractivity contribution < 1.29 is 4.74 Å². The largest absolute Gasteiger partial charge is 0.457 e. The van der Waals surface area contributed by atoms with Crippen molar-refractivity contribution in [3.63, 3.8) is 0 Å². The summed E-state index contributed by atoms with van der Waals surface area (Å²) < 4.78 is 6.34. The number of hydrogen-bond donors (Lipinski definition) is 0. The van der Waals surface area contributed by atoms with Gasteiger partial charge in [-0.25, -0.2) is 0 Å². The molecule has 1 nitrogen and oxygen atoms in total. The van der Waals surface area contributed by atoms with Crippen LogP contribution in [0.25, 0.3) is 33.4 Å². The van der Waals surface area contributed by atoms with E-state index in [1.807, 2.05) is 0 Å². The molecular formula is C43H38O. The zero-order valence-electron chi connectivity index (χ0n) is 25.6. The van der Waals surface area contributed by atoms with Crippen molar-refractivity contribution in [3.8, 4) is 44.9 Å². The molecule has 5 aromatic rings. The second-order valence-corrected chi connectivity index (χ2v) is 15.0. The van der Waals surface area contributed by atoms with Crippen LogP contribution in [0.15, 0.2) is 109 Å². The average Bonchev–Trinajstić information content (AvgIpc) is 3.34. The lowest BCUT2D eigenvalue weighted by Crippen LogP contribution is -2.55. The van der Waals surface area contributed by atoms with Gasteiger partial charge >= 0.3 is 0 Å². The summed E-state index contributed by atoms with van der Waals surface area (Å²) in [6.45, 7) is 4.62. The van der Waals surface area contributed by atoms with E-state index in [-0.39, 0.29) is 10.8 Å². The van der Waals surface area contributed by atoms with Crippen molar-refractivity contribution in [1.29, 1.82) is 0 Å². The Labute approximate surface area is 260 Å². The maximum atomic E-state index is 6.34. The Bertz CT molecular complexity index is 1950. The van der Waals surface area contributed by atoms with Crippen molar-refractivity contribution in [2.24, 2.45) is 23.7 Å². The van der Waals surface area contributed by atoms with Crippen LogP contribution < -0.4 is 4.74 Å². The molecule has 0 atom stereocenters. The van der Waals surface area contributed by atoms with Crippen LogP contribution in [-0.2, 0) is 10.8 Å². The topological polar surface area (TPSA) is 9.23 Å². The third kappa shape index (κ3) is 3.20. The summed E-state index contributed by atoms with van der Waals surface area (Å²) in [5.41, 5.74) is 14.0. The van der Waals surface area contributed by atoms with Gasteiger partial charge in [-0.1, -0.05) is 105 Å². The van der Waals surface area contributed by atoms with Crippen LogP contribution >= 0.6 is 0 Å². The first-order chi connectivity index (χ1) is 21.5. The molecule has 1 heteroatoms. The van der Waals surface area contributed by atoms with Gasteiger partial charge in [0.1, 0.15) is 11.5 Å². The molecule has 5 aromatic carbocycles. The van der Waals surface area contributed by atoms with Crippen LogP contribution in [0.1, 0.15) is 68.2 Å². The highest BCUT2D eigenvalue weighted by Gasteiger charge is 2.61. The molecule has 44 heavy (non-hydrogen) atoms. The Balaban J connectivity index is 1.06. The normalized spacial score (nSPS) is 27.8. The molecule has 0 saturated heterocycles. The first-order valence-corrected chi connectivity index (χ1v) is 16.8. The predicted molar refractivity (Wildman–Crippen MR) is 179 cm³/mol. The second-order valence-electron chi connectivity index (χ2n) is 15.0. The maximum Gasteiger partial charge on any atom is 0.131 e. The molecule has 1 aliphatic heterocycles. The highest BCUT2D eigenvalue weighted by Crippen LogP contribution is 2.70.